The molecule has 7 nitrogen and oxygen atoms in total. The van der Waals surface area contributed by atoms with Crippen molar-refractivity contribution >= 4 is 17.7 Å². The highest BCUT2D eigenvalue weighted by Crippen LogP contribution is 2.40. The van der Waals surface area contributed by atoms with E-state index < -0.39 is 0 Å². The zero-order valence-corrected chi connectivity index (χ0v) is 21.3. The molecule has 1 aliphatic carbocycles. The molecule has 4 rings (SSSR count). The zero-order chi connectivity index (χ0) is 22.7. The number of nitrogens with one attached hydrogen (secondary N) is 2. The van der Waals surface area contributed by atoms with Crippen LogP contribution in [-0.4, -0.2) is 96.8 Å². The predicted octanol–water partition coefficient (Wildman–Crippen LogP) is 1.41. The second-order valence-electron chi connectivity index (χ2n) is 10.9. The molecule has 1 saturated carbocycles. The number of carbonyl (C=O) groups excluding carboxylic acids is 1. The Morgan fingerprint density at radius 3 is 2.72 bits per heavy atom. The lowest BCUT2D eigenvalue weighted by atomic mass is 9.71. The molecular formula is C24H46N6OS. The Balaban J connectivity index is 1.47. The minimum atomic E-state index is 0.144. The summed E-state index contributed by atoms with van der Waals surface area (Å²) in [5, 5.41) is 6.45. The number of hydrogen-bond acceptors (Lipinski definition) is 7. The number of nitrogens with two attached hydrogens (primary N) is 1. The highest BCUT2D eigenvalue weighted by atomic mass is 32.2. The lowest BCUT2D eigenvalue weighted by Crippen LogP contribution is -2.62. The molecule has 0 aromatic rings. The van der Waals surface area contributed by atoms with Gasteiger partial charge in [-0.2, -0.15) is 11.8 Å². The van der Waals surface area contributed by atoms with Gasteiger partial charge in [-0.25, -0.2) is 5.01 Å². The summed E-state index contributed by atoms with van der Waals surface area (Å²) in [4.78, 5) is 18.3. The fourth-order valence-electron chi connectivity index (χ4n) is 6.68. The Morgan fingerprint density at radius 1 is 1.22 bits per heavy atom. The molecule has 0 aromatic carbocycles. The van der Waals surface area contributed by atoms with E-state index in [0.717, 1.165) is 63.1 Å². The molecular weight excluding hydrogens is 420 g/mol. The van der Waals surface area contributed by atoms with Crippen LogP contribution in [0.15, 0.2) is 0 Å². The number of piperidine rings is 1. The van der Waals surface area contributed by atoms with Crippen molar-refractivity contribution in [1.29, 1.82) is 0 Å². The summed E-state index contributed by atoms with van der Waals surface area (Å²) in [6, 6.07) is 0.857. The number of rotatable bonds is 7. The monoisotopic (exact) mass is 466 g/mol. The van der Waals surface area contributed by atoms with E-state index in [1.165, 1.54) is 25.7 Å². The molecule has 6 unspecified atom stereocenters. The van der Waals surface area contributed by atoms with Gasteiger partial charge in [0, 0.05) is 74.7 Å². The van der Waals surface area contributed by atoms with Crippen molar-refractivity contribution in [2.75, 3.05) is 57.8 Å². The van der Waals surface area contributed by atoms with E-state index in [4.69, 9.17) is 5.73 Å². The molecule has 184 valence electrons. The normalized spacial score (nSPS) is 36.6. The van der Waals surface area contributed by atoms with Gasteiger partial charge in [0.1, 0.15) is 0 Å². The van der Waals surface area contributed by atoms with Crippen LogP contribution >= 0.6 is 11.8 Å². The van der Waals surface area contributed by atoms with Crippen molar-refractivity contribution in [3.8, 4) is 0 Å². The van der Waals surface area contributed by atoms with Crippen LogP contribution in [0.2, 0.25) is 0 Å². The van der Waals surface area contributed by atoms with Gasteiger partial charge < -0.3 is 15.5 Å². The predicted molar refractivity (Wildman–Crippen MR) is 133 cm³/mol. The molecule has 4 aliphatic rings. The van der Waals surface area contributed by atoms with Gasteiger partial charge in [0.2, 0.25) is 5.91 Å². The van der Waals surface area contributed by atoms with Crippen LogP contribution in [-0.2, 0) is 4.79 Å². The van der Waals surface area contributed by atoms with Gasteiger partial charge in [-0.15, -0.1) is 0 Å². The molecule has 0 aromatic heterocycles. The highest BCUT2D eigenvalue weighted by molar-refractivity contribution is 7.99. The van der Waals surface area contributed by atoms with E-state index >= 15 is 0 Å². The number of carbonyl (C=O) groups is 1. The third kappa shape index (κ3) is 5.63. The quantitative estimate of drug-likeness (QED) is 0.524. The van der Waals surface area contributed by atoms with Crippen LogP contribution in [0.5, 0.6) is 0 Å². The lowest BCUT2D eigenvalue weighted by molar-refractivity contribution is -0.140. The molecule has 8 heteroatoms. The molecule has 1 amide bonds. The molecule has 3 heterocycles. The Kier molecular flexibility index (Phi) is 8.78. The number of nitrogens with zero attached hydrogens (tertiary/aromatic N) is 3. The van der Waals surface area contributed by atoms with E-state index in [1.54, 1.807) is 0 Å². The Hall–Kier alpha value is -0.380. The molecule has 4 N–H and O–H groups in total. The SMILES string of the molecule is CC(C)N1NCC2C(C(=O)N3CCSCC3)CC(C3CCCC(CN(C)CCN)C3)NC21. The summed E-state index contributed by atoms with van der Waals surface area (Å²) >= 11 is 1.98. The smallest absolute Gasteiger partial charge is 0.226 e. The zero-order valence-electron chi connectivity index (χ0n) is 20.5. The van der Waals surface area contributed by atoms with Gasteiger partial charge in [0.05, 0.1) is 6.17 Å². The van der Waals surface area contributed by atoms with E-state index in [9.17, 15) is 4.79 Å². The summed E-state index contributed by atoms with van der Waals surface area (Å²) in [6.07, 6.45) is 6.49. The van der Waals surface area contributed by atoms with E-state index in [-0.39, 0.29) is 12.1 Å². The first-order chi connectivity index (χ1) is 15.5. The Labute approximate surface area is 199 Å². The maximum absolute atomic E-state index is 13.7. The Bertz CT molecular complexity index is 615. The number of thioether (sulfide) groups is 1. The molecule has 0 spiro atoms. The van der Waals surface area contributed by atoms with Crippen LogP contribution in [0.25, 0.3) is 0 Å². The second-order valence-corrected chi connectivity index (χ2v) is 12.1. The molecule has 0 bridgehead atoms. The van der Waals surface area contributed by atoms with Crippen LogP contribution in [0.4, 0.5) is 0 Å². The minimum absolute atomic E-state index is 0.144. The largest absolute Gasteiger partial charge is 0.341 e. The second kappa shape index (κ2) is 11.4. The van der Waals surface area contributed by atoms with Gasteiger partial charge in [0.25, 0.3) is 0 Å². The molecule has 3 saturated heterocycles. The fraction of sp³-hybridized carbons (Fsp3) is 0.958. The molecule has 6 atom stereocenters. The third-order valence-electron chi connectivity index (χ3n) is 8.29. The number of amides is 1. The number of fused-ring (bicyclic) bond motifs is 1. The lowest BCUT2D eigenvalue weighted by Gasteiger charge is -2.47. The van der Waals surface area contributed by atoms with Crippen molar-refractivity contribution in [2.24, 2.45) is 29.4 Å². The van der Waals surface area contributed by atoms with Crippen molar-refractivity contribution in [3.05, 3.63) is 0 Å². The van der Waals surface area contributed by atoms with Gasteiger partial charge in [0.15, 0.2) is 0 Å². The topological polar surface area (TPSA) is 76.9 Å². The third-order valence-corrected chi connectivity index (χ3v) is 9.24. The van der Waals surface area contributed by atoms with E-state index in [2.05, 4.69) is 46.4 Å². The number of hydrogen-bond donors (Lipinski definition) is 3. The van der Waals surface area contributed by atoms with Gasteiger partial charge in [-0.05, 0) is 58.4 Å². The molecule has 0 radical (unpaired) electrons. The first-order valence-corrected chi connectivity index (χ1v) is 14.2. The maximum atomic E-state index is 13.7. The average molecular weight is 467 g/mol. The molecule has 3 aliphatic heterocycles. The first kappa shape index (κ1) is 24.7. The average Bonchev–Trinajstić information content (AvgIpc) is 3.23. The number of hydrazine groups is 1. The standard InChI is InChI=1S/C24H46N6OS/c1-17(2)30-23-21(15-26-30)20(24(31)29-9-11-32-12-10-29)14-22(27-23)19-6-4-5-18(13-19)16-28(3)8-7-25/h17-23,26-27H,4-16,25H2,1-3H3. The van der Waals surface area contributed by atoms with Crippen molar-refractivity contribution in [1.82, 2.24) is 25.6 Å². The van der Waals surface area contributed by atoms with Crippen molar-refractivity contribution in [2.45, 2.75) is 64.2 Å². The van der Waals surface area contributed by atoms with Gasteiger partial charge >= 0.3 is 0 Å². The minimum Gasteiger partial charge on any atom is -0.341 e. The molecule has 32 heavy (non-hydrogen) atoms. The first-order valence-electron chi connectivity index (χ1n) is 13.0. The summed E-state index contributed by atoms with van der Waals surface area (Å²) in [6.45, 7) is 10.1. The maximum Gasteiger partial charge on any atom is 0.226 e. The van der Waals surface area contributed by atoms with E-state index in [0.29, 0.717) is 29.8 Å². The summed E-state index contributed by atoms with van der Waals surface area (Å²) in [5.41, 5.74) is 9.41. The van der Waals surface area contributed by atoms with Crippen LogP contribution in [0.3, 0.4) is 0 Å². The fourth-order valence-corrected chi connectivity index (χ4v) is 7.58. The van der Waals surface area contributed by atoms with Gasteiger partial charge in [-0.1, -0.05) is 6.42 Å². The number of likely N-dealkylation sites (N-methyl/N-ethyl adjacent to an activating group) is 1. The van der Waals surface area contributed by atoms with Crippen LogP contribution in [0.1, 0.15) is 46.0 Å². The van der Waals surface area contributed by atoms with Gasteiger partial charge in [-0.3, -0.25) is 15.5 Å². The van der Waals surface area contributed by atoms with E-state index in [1.807, 2.05) is 11.8 Å². The van der Waals surface area contributed by atoms with Crippen molar-refractivity contribution in [3.63, 3.8) is 0 Å². The summed E-state index contributed by atoms with van der Waals surface area (Å²) in [5.74, 6) is 4.53. The summed E-state index contributed by atoms with van der Waals surface area (Å²) in [7, 11) is 2.20. The van der Waals surface area contributed by atoms with Crippen LogP contribution < -0.4 is 16.5 Å². The van der Waals surface area contributed by atoms with Crippen molar-refractivity contribution < 1.29 is 4.79 Å². The summed E-state index contributed by atoms with van der Waals surface area (Å²) < 4.78 is 0. The Morgan fingerprint density at radius 2 is 2.00 bits per heavy atom. The molecule has 4 fully saturated rings. The van der Waals surface area contributed by atoms with Crippen LogP contribution in [0, 0.1) is 23.7 Å². The highest BCUT2D eigenvalue weighted by Gasteiger charge is 2.50.